The van der Waals surface area contributed by atoms with Crippen molar-refractivity contribution in [3.05, 3.63) is 24.0 Å². The predicted octanol–water partition coefficient (Wildman–Crippen LogP) is 1.27. The topological polar surface area (TPSA) is 86.6 Å². The third-order valence-corrected chi connectivity index (χ3v) is 4.00. The van der Waals surface area contributed by atoms with Crippen LogP contribution in [0.4, 0.5) is 5.95 Å². The second-order valence-corrected chi connectivity index (χ2v) is 6.27. The number of carboxylic acids is 1. The molecule has 0 saturated carbocycles. The Morgan fingerprint density at radius 2 is 2.00 bits per heavy atom. The maximum absolute atomic E-state index is 12.3. The van der Waals surface area contributed by atoms with E-state index in [1.165, 1.54) is 6.08 Å². The molecule has 124 valence electrons. The molecule has 0 radical (unpaired) electrons. The maximum Gasteiger partial charge on any atom is 0.311 e. The summed E-state index contributed by atoms with van der Waals surface area (Å²) in [6.45, 7) is 2.51. The quantitative estimate of drug-likeness (QED) is 0.841. The van der Waals surface area contributed by atoms with E-state index in [-0.39, 0.29) is 12.5 Å². The van der Waals surface area contributed by atoms with E-state index in [9.17, 15) is 14.7 Å². The zero-order valence-electron chi connectivity index (χ0n) is 13.7. The number of rotatable bonds is 4. The lowest BCUT2D eigenvalue weighted by molar-refractivity contribution is -0.152. The number of carbonyl (C=O) groups excluding carboxylic acids is 1. The molecular formula is C16H22N4O3. The molecule has 2 heterocycles. The van der Waals surface area contributed by atoms with Crippen LogP contribution >= 0.6 is 0 Å². The van der Waals surface area contributed by atoms with E-state index in [1.54, 1.807) is 35.2 Å². The molecule has 0 aromatic carbocycles. The van der Waals surface area contributed by atoms with Crippen LogP contribution in [0.2, 0.25) is 0 Å². The summed E-state index contributed by atoms with van der Waals surface area (Å²) in [5, 5.41) is 9.30. The summed E-state index contributed by atoms with van der Waals surface area (Å²) in [7, 11) is 3.70. The van der Waals surface area contributed by atoms with Crippen LogP contribution in [0.1, 0.15) is 25.3 Å². The molecule has 1 saturated heterocycles. The Kier molecular flexibility index (Phi) is 4.98. The molecule has 1 fully saturated rings. The number of aromatic nitrogens is 2. The average Bonchev–Trinajstić information content (AvgIpc) is 2.53. The van der Waals surface area contributed by atoms with E-state index in [1.807, 2.05) is 14.1 Å². The van der Waals surface area contributed by atoms with Crippen LogP contribution in [0.3, 0.4) is 0 Å². The number of anilines is 1. The summed E-state index contributed by atoms with van der Waals surface area (Å²) in [5.74, 6) is -0.442. The van der Waals surface area contributed by atoms with Gasteiger partial charge in [0, 0.05) is 51.2 Å². The number of aliphatic carboxylic acids is 1. The lowest BCUT2D eigenvalue weighted by Crippen LogP contribution is -2.47. The molecule has 1 N–H and O–H groups in total. The Balaban J connectivity index is 2.02. The Morgan fingerprint density at radius 3 is 2.57 bits per heavy atom. The molecule has 0 spiro atoms. The van der Waals surface area contributed by atoms with Gasteiger partial charge in [-0.05, 0) is 25.8 Å². The number of amides is 1. The van der Waals surface area contributed by atoms with E-state index in [4.69, 9.17) is 0 Å². The number of hydrogen-bond acceptors (Lipinski definition) is 5. The summed E-state index contributed by atoms with van der Waals surface area (Å²) in [6.07, 6.45) is 7.67. The number of carbonyl (C=O) groups is 2. The molecule has 1 unspecified atom stereocenters. The van der Waals surface area contributed by atoms with Crippen molar-refractivity contribution in [2.45, 2.75) is 19.8 Å². The molecule has 1 aliphatic heterocycles. The summed E-state index contributed by atoms with van der Waals surface area (Å²) >= 11 is 0. The Bertz CT molecular complexity index is 612. The number of likely N-dealkylation sites (tertiary alicyclic amines) is 1. The van der Waals surface area contributed by atoms with Crippen molar-refractivity contribution in [3.8, 4) is 0 Å². The highest BCUT2D eigenvalue weighted by Gasteiger charge is 2.38. The third-order valence-electron chi connectivity index (χ3n) is 4.00. The van der Waals surface area contributed by atoms with Crippen molar-refractivity contribution >= 4 is 23.9 Å². The summed E-state index contributed by atoms with van der Waals surface area (Å²) in [6, 6.07) is 0. The summed E-state index contributed by atoms with van der Waals surface area (Å²) < 4.78 is 0. The van der Waals surface area contributed by atoms with Gasteiger partial charge in [0.25, 0.3) is 0 Å². The third kappa shape index (κ3) is 4.06. The van der Waals surface area contributed by atoms with Gasteiger partial charge in [-0.3, -0.25) is 9.59 Å². The fourth-order valence-corrected chi connectivity index (χ4v) is 2.52. The molecule has 0 bridgehead atoms. The molecule has 7 heteroatoms. The number of hydrogen-bond donors (Lipinski definition) is 1. The van der Waals surface area contributed by atoms with Gasteiger partial charge in [-0.15, -0.1) is 0 Å². The van der Waals surface area contributed by atoms with E-state index < -0.39 is 11.4 Å². The number of piperidine rings is 1. The molecule has 1 aromatic rings. The number of carboxylic acid groups (broad SMARTS) is 1. The molecule has 0 aliphatic carbocycles. The molecular weight excluding hydrogens is 296 g/mol. The van der Waals surface area contributed by atoms with Gasteiger partial charge in [0.05, 0.1) is 5.41 Å². The minimum atomic E-state index is -0.863. The maximum atomic E-state index is 12.3. The fraction of sp³-hybridized carbons (Fsp3) is 0.500. The van der Waals surface area contributed by atoms with Gasteiger partial charge in [0.15, 0.2) is 0 Å². The van der Waals surface area contributed by atoms with Crippen molar-refractivity contribution in [1.82, 2.24) is 14.9 Å². The van der Waals surface area contributed by atoms with Gasteiger partial charge in [-0.1, -0.05) is 0 Å². The van der Waals surface area contributed by atoms with Gasteiger partial charge >= 0.3 is 5.97 Å². The van der Waals surface area contributed by atoms with E-state index in [2.05, 4.69) is 9.97 Å². The standard InChI is InChI=1S/C16H22N4O3/c1-16(14(22)23)7-4-8-20(11-16)13(21)6-5-12-9-17-15(18-10-12)19(2)3/h5-6,9-10H,4,7-8,11H2,1-3H3,(H,22,23). The highest BCUT2D eigenvalue weighted by atomic mass is 16.4. The smallest absolute Gasteiger partial charge is 0.311 e. The first kappa shape index (κ1) is 16.9. The summed E-state index contributed by atoms with van der Waals surface area (Å²) in [4.78, 5) is 35.3. The zero-order chi connectivity index (χ0) is 17.0. The van der Waals surface area contributed by atoms with Crippen LogP contribution in [0, 0.1) is 5.41 Å². The van der Waals surface area contributed by atoms with Crippen molar-refractivity contribution in [1.29, 1.82) is 0 Å². The fourth-order valence-electron chi connectivity index (χ4n) is 2.52. The van der Waals surface area contributed by atoms with Gasteiger partial charge in [-0.2, -0.15) is 0 Å². The average molecular weight is 318 g/mol. The Labute approximate surface area is 135 Å². The monoisotopic (exact) mass is 318 g/mol. The van der Waals surface area contributed by atoms with Crippen LogP contribution in [0.25, 0.3) is 6.08 Å². The largest absolute Gasteiger partial charge is 0.481 e. The first-order valence-corrected chi connectivity index (χ1v) is 7.51. The normalized spacial score (nSPS) is 21.4. The van der Waals surface area contributed by atoms with Crippen LogP contribution in [0.15, 0.2) is 18.5 Å². The van der Waals surface area contributed by atoms with Crippen molar-refractivity contribution in [3.63, 3.8) is 0 Å². The molecule has 1 aromatic heterocycles. The van der Waals surface area contributed by atoms with Crippen LogP contribution in [-0.4, -0.2) is 59.0 Å². The predicted molar refractivity (Wildman–Crippen MR) is 86.9 cm³/mol. The molecule has 7 nitrogen and oxygen atoms in total. The lowest BCUT2D eigenvalue weighted by Gasteiger charge is -2.37. The lowest BCUT2D eigenvalue weighted by atomic mass is 9.82. The highest BCUT2D eigenvalue weighted by Crippen LogP contribution is 2.29. The van der Waals surface area contributed by atoms with Crippen molar-refractivity contribution < 1.29 is 14.7 Å². The van der Waals surface area contributed by atoms with Gasteiger partial charge in [-0.25, -0.2) is 9.97 Å². The van der Waals surface area contributed by atoms with Crippen molar-refractivity contribution in [2.75, 3.05) is 32.1 Å². The van der Waals surface area contributed by atoms with Crippen LogP contribution < -0.4 is 4.90 Å². The zero-order valence-corrected chi connectivity index (χ0v) is 13.7. The number of nitrogens with zero attached hydrogens (tertiary/aromatic N) is 4. The van der Waals surface area contributed by atoms with E-state index in [0.29, 0.717) is 25.3 Å². The second kappa shape index (κ2) is 6.76. The second-order valence-electron chi connectivity index (χ2n) is 6.27. The SMILES string of the molecule is CN(C)c1ncc(C=CC(=O)N2CCCC(C)(C(=O)O)C2)cn1. The molecule has 1 aliphatic rings. The molecule has 1 atom stereocenters. The molecule has 23 heavy (non-hydrogen) atoms. The summed E-state index contributed by atoms with van der Waals surface area (Å²) in [5.41, 5.74) is -0.139. The Hall–Kier alpha value is -2.44. The van der Waals surface area contributed by atoms with Gasteiger partial charge < -0.3 is 14.9 Å². The van der Waals surface area contributed by atoms with Crippen LogP contribution in [-0.2, 0) is 9.59 Å². The Morgan fingerprint density at radius 1 is 1.35 bits per heavy atom. The first-order chi connectivity index (χ1) is 10.8. The van der Waals surface area contributed by atoms with E-state index in [0.717, 1.165) is 5.56 Å². The van der Waals surface area contributed by atoms with Crippen molar-refractivity contribution in [2.24, 2.45) is 5.41 Å². The highest BCUT2D eigenvalue weighted by molar-refractivity contribution is 5.92. The minimum Gasteiger partial charge on any atom is -0.481 e. The first-order valence-electron chi connectivity index (χ1n) is 7.51. The van der Waals surface area contributed by atoms with Crippen LogP contribution in [0.5, 0.6) is 0 Å². The molecule has 2 rings (SSSR count). The minimum absolute atomic E-state index is 0.186. The van der Waals surface area contributed by atoms with Gasteiger partial charge in [0.2, 0.25) is 11.9 Å². The van der Waals surface area contributed by atoms with Gasteiger partial charge in [0.1, 0.15) is 0 Å². The molecule has 1 amide bonds. The van der Waals surface area contributed by atoms with E-state index >= 15 is 0 Å².